The van der Waals surface area contributed by atoms with E-state index in [-0.39, 0.29) is 0 Å². The number of rotatable bonds is 5. The van der Waals surface area contributed by atoms with Crippen molar-refractivity contribution < 1.29 is 0 Å². The van der Waals surface area contributed by atoms with Gasteiger partial charge in [0.05, 0.1) is 17.4 Å². The van der Waals surface area contributed by atoms with Crippen LogP contribution < -0.4 is 10.6 Å². The van der Waals surface area contributed by atoms with Crippen LogP contribution in [0.4, 0.5) is 23.1 Å². The summed E-state index contributed by atoms with van der Waals surface area (Å²) in [6, 6.07) is 17.4. The molecule has 0 bridgehead atoms. The minimum atomic E-state index is 0.375. The van der Waals surface area contributed by atoms with Crippen molar-refractivity contribution in [3.05, 3.63) is 65.9 Å². The summed E-state index contributed by atoms with van der Waals surface area (Å²) in [4.78, 5) is 4.43. The van der Waals surface area contributed by atoms with Crippen LogP contribution >= 0.6 is 0 Å². The van der Waals surface area contributed by atoms with E-state index >= 15 is 0 Å². The van der Waals surface area contributed by atoms with E-state index in [4.69, 9.17) is 0 Å². The summed E-state index contributed by atoms with van der Waals surface area (Å²) in [5.74, 6) is 1.29. The lowest BCUT2D eigenvalue weighted by Gasteiger charge is -2.13. The number of benzene rings is 2. The highest BCUT2D eigenvalue weighted by Crippen LogP contribution is 2.26. The molecule has 3 aromatic rings. The van der Waals surface area contributed by atoms with Crippen LogP contribution in [-0.2, 0) is 0 Å². The smallest absolute Gasteiger partial charge is 0.249 e. The third-order valence-corrected chi connectivity index (χ3v) is 3.70. The van der Waals surface area contributed by atoms with E-state index in [2.05, 4.69) is 51.8 Å². The van der Waals surface area contributed by atoms with Crippen molar-refractivity contribution >= 4 is 23.1 Å². The van der Waals surface area contributed by atoms with Gasteiger partial charge in [-0.1, -0.05) is 44.2 Å². The summed E-state index contributed by atoms with van der Waals surface area (Å²) in [6.07, 6.45) is 1.52. The zero-order chi connectivity index (χ0) is 17.6. The molecular weight excluding hydrogens is 312 g/mol. The molecule has 0 unspecified atom stereocenters. The first-order valence-electron chi connectivity index (χ1n) is 7.99. The van der Waals surface area contributed by atoms with Gasteiger partial charge in [0.2, 0.25) is 5.95 Å². The van der Waals surface area contributed by atoms with Crippen LogP contribution in [0.2, 0.25) is 0 Å². The van der Waals surface area contributed by atoms with Crippen LogP contribution in [0.15, 0.2) is 54.7 Å². The number of nitrogens with zero attached hydrogens (tertiary/aromatic N) is 4. The highest BCUT2D eigenvalue weighted by Gasteiger charge is 2.09. The van der Waals surface area contributed by atoms with E-state index in [9.17, 15) is 5.26 Å². The van der Waals surface area contributed by atoms with Crippen molar-refractivity contribution in [2.24, 2.45) is 0 Å². The molecule has 0 radical (unpaired) electrons. The molecule has 0 aliphatic carbocycles. The Morgan fingerprint density at radius 2 is 1.68 bits per heavy atom. The van der Waals surface area contributed by atoms with Gasteiger partial charge in [0, 0.05) is 5.69 Å². The maximum Gasteiger partial charge on any atom is 0.249 e. The van der Waals surface area contributed by atoms with Crippen LogP contribution in [0.1, 0.15) is 30.9 Å². The Bertz CT molecular complexity index is 914. The fourth-order valence-electron chi connectivity index (χ4n) is 2.48. The number of anilines is 4. The molecule has 25 heavy (non-hydrogen) atoms. The van der Waals surface area contributed by atoms with E-state index in [0.29, 0.717) is 28.9 Å². The van der Waals surface area contributed by atoms with Gasteiger partial charge in [-0.05, 0) is 29.7 Å². The predicted molar refractivity (Wildman–Crippen MR) is 98.1 cm³/mol. The lowest BCUT2D eigenvalue weighted by atomic mass is 10.0. The third kappa shape index (κ3) is 3.90. The summed E-state index contributed by atoms with van der Waals surface area (Å²) < 4.78 is 0. The lowest BCUT2D eigenvalue weighted by Crippen LogP contribution is -2.05. The largest absolute Gasteiger partial charge is 0.338 e. The van der Waals surface area contributed by atoms with Gasteiger partial charge in [-0.15, -0.1) is 5.10 Å². The first-order chi connectivity index (χ1) is 12.2. The minimum absolute atomic E-state index is 0.375. The summed E-state index contributed by atoms with van der Waals surface area (Å²) in [5, 5.41) is 23.5. The normalized spacial score (nSPS) is 10.3. The van der Waals surface area contributed by atoms with Crippen LogP contribution in [-0.4, -0.2) is 15.2 Å². The van der Waals surface area contributed by atoms with Crippen LogP contribution in [0.3, 0.4) is 0 Å². The van der Waals surface area contributed by atoms with Crippen LogP contribution in [0, 0.1) is 11.3 Å². The minimum Gasteiger partial charge on any atom is -0.338 e. The van der Waals surface area contributed by atoms with Gasteiger partial charge in [-0.3, -0.25) is 0 Å². The first-order valence-corrected chi connectivity index (χ1v) is 7.99. The Hall–Kier alpha value is -3.46. The lowest BCUT2D eigenvalue weighted by molar-refractivity contribution is 0.867. The zero-order valence-electron chi connectivity index (χ0n) is 14.1. The SMILES string of the molecule is CC(C)c1ccccc1Nc1nncc(Nc2ccccc2C#N)n1. The number of aromatic nitrogens is 3. The third-order valence-electron chi connectivity index (χ3n) is 3.70. The fraction of sp³-hybridized carbons (Fsp3) is 0.158. The van der Waals surface area contributed by atoms with E-state index in [1.165, 1.54) is 11.8 Å². The molecule has 0 spiro atoms. The average molecular weight is 330 g/mol. The highest BCUT2D eigenvalue weighted by molar-refractivity contribution is 5.65. The molecule has 2 N–H and O–H groups in total. The number of hydrogen-bond donors (Lipinski definition) is 2. The van der Waals surface area contributed by atoms with E-state index in [1.807, 2.05) is 36.4 Å². The van der Waals surface area contributed by atoms with Crippen molar-refractivity contribution in [3.63, 3.8) is 0 Å². The van der Waals surface area contributed by atoms with Crippen molar-refractivity contribution in [3.8, 4) is 6.07 Å². The van der Waals surface area contributed by atoms with Gasteiger partial charge >= 0.3 is 0 Å². The molecule has 0 saturated heterocycles. The van der Waals surface area contributed by atoms with Crippen molar-refractivity contribution in [1.82, 2.24) is 15.2 Å². The maximum absolute atomic E-state index is 9.18. The molecular formula is C19H18N6. The topological polar surface area (TPSA) is 86.5 Å². The summed E-state index contributed by atoms with van der Waals surface area (Å²) in [6.45, 7) is 4.27. The predicted octanol–water partition coefficient (Wildman–Crippen LogP) is 4.35. The summed E-state index contributed by atoms with van der Waals surface area (Å²) in [5.41, 5.74) is 3.35. The van der Waals surface area contributed by atoms with Gasteiger partial charge < -0.3 is 10.6 Å². The highest BCUT2D eigenvalue weighted by atomic mass is 15.3. The molecule has 0 aliphatic rings. The molecule has 0 saturated carbocycles. The van der Waals surface area contributed by atoms with E-state index in [1.54, 1.807) is 6.07 Å². The molecule has 2 aromatic carbocycles. The Morgan fingerprint density at radius 3 is 2.44 bits per heavy atom. The van der Waals surface area contributed by atoms with Crippen LogP contribution in [0.25, 0.3) is 0 Å². The zero-order valence-corrected chi connectivity index (χ0v) is 14.1. The van der Waals surface area contributed by atoms with Gasteiger partial charge in [0.1, 0.15) is 6.07 Å². The van der Waals surface area contributed by atoms with Crippen molar-refractivity contribution in [2.45, 2.75) is 19.8 Å². The van der Waals surface area contributed by atoms with Gasteiger partial charge in [-0.25, -0.2) is 0 Å². The molecule has 0 aliphatic heterocycles. The number of nitriles is 1. The standard InChI is InChI=1S/C19H18N6/c1-13(2)15-8-4-6-10-17(15)23-19-24-18(12-21-25-19)22-16-9-5-3-7-14(16)11-20/h3-10,12-13H,1-2H3,(H2,22,23,24,25). The fourth-order valence-corrected chi connectivity index (χ4v) is 2.48. The Balaban J connectivity index is 1.84. The van der Waals surface area contributed by atoms with Crippen molar-refractivity contribution in [2.75, 3.05) is 10.6 Å². The molecule has 0 amide bonds. The second-order valence-corrected chi connectivity index (χ2v) is 5.81. The number of para-hydroxylation sites is 2. The molecule has 0 atom stereocenters. The Labute approximate surface area is 146 Å². The summed E-state index contributed by atoms with van der Waals surface area (Å²) >= 11 is 0. The van der Waals surface area contributed by atoms with Crippen molar-refractivity contribution in [1.29, 1.82) is 5.26 Å². The molecule has 1 aromatic heterocycles. The Kier molecular flexibility index (Phi) is 4.86. The molecule has 0 fully saturated rings. The molecule has 3 rings (SSSR count). The molecule has 1 heterocycles. The molecule has 6 nitrogen and oxygen atoms in total. The van der Waals surface area contributed by atoms with E-state index in [0.717, 1.165) is 5.69 Å². The quantitative estimate of drug-likeness (QED) is 0.723. The second kappa shape index (κ2) is 7.41. The second-order valence-electron chi connectivity index (χ2n) is 5.81. The molecule has 6 heteroatoms. The van der Waals surface area contributed by atoms with E-state index < -0.39 is 0 Å². The number of hydrogen-bond acceptors (Lipinski definition) is 6. The average Bonchev–Trinajstić information content (AvgIpc) is 2.63. The molecule has 124 valence electrons. The van der Waals surface area contributed by atoms with Gasteiger partial charge in [0.25, 0.3) is 0 Å². The van der Waals surface area contributed by atoms with Gasteiger partial charge in [-0.2, -0.15) is 15.3 Å². The maximum atomic E-state index is 9.18. The van der Waals surface area contributed by atoms with Gasteiger partial charge in [0.15, 0.2) is 5.82 Å². The monoisotopic (exact) mass is 330 g/mol. The first kappa shape index (κ1) is 16.4. The Morgan fingerprint density at radius 1 is 0.960 bits per heavy atom. The summed E-state index contributed by atoms with van der Waals surface area (Å²) in [7, 11) is 0. The van der Waals surface area contributed by atoms with Crippen LogP contribution in [0.5, 0.6) is 0 Å². The number of nitrogens with one attached hydrogen (secondary N) is 2.